The van der Waals surface area contributed by atoms with Crippen LogP contribution in [0.1, 0.15) is 0 Å². The molecule has 0 radical (unpaired) electrons. The third-order valence-corrected chi connectivity index (χ3v) is 9.91. The van der Waals surface area contributed by atoms with Crippen molar-refractivity contribution < 1.29 is 14.0 Å². The third kappa shape index (κ3) is 5.58. The normalized spacial score (nSPS) is 11.7. The fourth-order valence-electron chi connectivity index (χ4n) is 0.981. The summed E-state index contributed by atoms with van der Waals surface area (Å²) in [5.74, 6) is 0. The van der Waals surface area contributed by atoms with Crippen molar-refractivity contribution in [3.8, 4) is 0 Å². The summed E-state index contributed by atoms with van der Waals surface area (Å²) in [5.41, 5.74) is 0. The molecule has 0 aliphatic rings. The first-order valence-electron chi connectivity index (χ1n) is 5.44. The summed E-state index contributed by atoms with van der Waals surface area (Å²) in [4.78, 5) is 10.4. The molecule has 2 rings (SSSR count). The van der Waals surface area contributed by atoms with Crippen LogP contribution in [-0.2, 0) is 14.0 Å². The molecule has 0 bridgehead atoms. The molecule has 0 N–H and O–H groups in total. The fourth-order valence-corrected chi connectivity index (χ4v) is 6.36. The first kappa shape index (κ1) is 16.6. The van der Waals surface area contributed by atoms with Gasteiger partial charge < -0.3 is 4.90 Å². The van der Waals surface area contributed by atoms with E-state index in [2.05, 4.69) is 9.97 Å². The maximum atomic E-state index is 6.41. The number of pyridine rings is 2. The summed E-state index contributed by atoms with van der Waals surface area (Å²) in [6, 6.07) is 11.2. The minimum absolute atomic E-state index is 0.757. The second kappa shape index (κ2) is 7.96. The van der Waals surface area contributed by atoms with Gasteiger partial charge in [-0.25, -0.2) is 0 Å². The Kier molecular flexibility index (Phi) is 6.95. The Morgan fingerprint density at radius 1 is 0.842 bits per heavy atom. The van der Waals surface area contributed by atoms with E-state index < -0.39 is 14.0 Å². The minimum atomic E-state index is -3.20. The van der Waals surface area contributed by atoms with Gasteiger partial charge in [0.25, 0.3) is 0 Å². The zero-order valence-corrected chi connectivity index (χ0v) is 14.8. The van der Waals surface area contributed by atoms with Gasteiger partial charge in [0.1, 0.15) is 0 Å². The number of hydrogen-bond donors (Lipinski definition) is 0. The first-order valence-corrected chi connectivity index (χ1v) is 13.3. The van der Waals surface area contributed by atoms with Gasteiger partial charge in [-0.1, -0.05) is 0 Å². The van der Waals surface area contributed by atoms with Crippen molar-refractivity contribution in [3.05, 3.63) is 48.8 Å². The second-order valence-corrected chi connectivity index (χ2v) is 15.8. The van der Waals surface area contributed by atoms with Crippen molar-refractivity contribution in [2.24, 2.45) is 0 Å². The summed E-state index contributed by atoms with van der Waals surface area (Å²) >= 11 is -3.20. The van der Waals surface area contributed by atoms with Gasteiger partial charge in [0, 0.05) is 0 Å². The Bertz CT molecular complexity index is 434. The monoisotopic (exact) mass is 480 g/mol. The van der Waals surface area contributed by atoms with Crippen molar-refractivity contribution in [2.75, 3.05) is 21.1 Å². The van der Waals surface area contributed by atoms with Crippen molar-refractivity contribution in [1.29, 1.82) is 0 Å². The standard InChI is InChI=1S/2C5H4N.C3H9N.2ClH.Pt/c2*1-2-4-6-5-3-1;1-4(2)3;;;/h2*1-4H;1-3H3;2*1H;/q;;;;;+2/p-2. The van der Waals surface area contributed by atoms with Crippen LogP contribution in [0.4, 0.5) is 0 Å². The molecule has 2 aromatic heterocycles. The molecule has 0 aliphatic carbocycles. The molecule has 0 unspecified atom stereocenters. The van der Waals surface area contributed by atoms with E-state index in [1.54, 1.807) is 12.4 Å². The molecule has 0 amide bonds. The van der Waals surface area contributed by atoms with Gasteiger partial charge in [-0.2, -0.15) is 0 Å². The van der Waals surface area contributed by atoms with Gasteiger partial charge in [-0.3, -0.25) is 0 Å². The van der Waals surface area contributed by atoms with E-state index in [0.717, 1.165) is 8.17 Å². The Balaban J connectivity index is 0.000000399. The van der Waals surface area contributed by atoms with Crippen molar-refractivity contribution >= 4 is 27.0 Å². The van der Waals surface area contributed by atoms with Crippen molar-refractivity contribution in [2.45, 2.75) is 0 Å². The van der Waals surface area contributed by atoms with E-state index in [1.165, 1.54) is 0 Å². The molecule has 0 saturated carbocycles. The Morgan fingerprint density at radius 2 is 1.21 bits per heavy atom. The van der Waals surface area contributed by atoms with Gasteiger partial charge in [0.2, 0.25) is 0 Å². The van der Waals surface area contributed by atoms with Crippen LogP contribution in [0.3, 0.4) is 0 Å². The van der Waals surface area contributed by atoms with Gasteiger partial charge in [0.15, 0.2) is 0 Å². The van der Waals surface area contributed by atoms with Crippen LogP contribution in [0, 0.1) is 0 Å². The molecule has 0 aromatic carbocycles. The van der Waals surface area contributed by atoms with E-state index in [-0.39, 0.29) is 0 Å². The topological polar surface area (TPSA) is 29.0 Å². The summed E-state index contributed by atoms with van der Waals surface area (Å²) in [5, 5.41) is 0. The summed E-state index contributed by atoms with van der Waals surface area (Å²) in [7, 11) is 18.8. The molecule has 3 nitrogen and oxygen atoms in total. The summed E-state index contributed by atoms with van der Waals surface area (Å²) in [6.45, 7) is 0. The molecule has 0 fully saturated rings. The second-order valence-electron chi connectivity index (χ2n) is 3.95. The summed E-state index contributed by atoms with van der Waals surface area (Å²) < 4.78 is 1.51. The number of aromatic nitrogens is 2. The molecule has 2 heterocycles. The average molecular weight is 481 g/mol. The molecular formula is C13H17Cl2N3Pt. The number of nitrogens with zero attached hydrogens (tertiary/aromatic N) is 3. The molecule has 108 valence electrons. The van der Waals surface area contributed by atoms with Crippen molar-refractivity contribution in [1.82, 2.24) is 14.9 Å². The summed E-state index contributed by atoms with van der Waals surface area (Å²) in [6.07, 6.45) is 3.39. The molecular weight excluding hydrogens is 464 g/mol. The molecule has 0 saturated heterocycles. The molecule has 19 heavy (non-hydrogen) atoms. The van der Waals surface area contributed by atoms with E-state index in [1.807, 2.05) is 62.4 Å². The quantitative estimate of drug-likeness (QED) is 0.658. The Labute approximate surface area is 125 Å². The maximum absolute atomic E-state index is 6.41. The van der Waals surface area contributed by atoms with Crippen LogP contribution in [0.15, 0.2) is 48.8 Å². The predicted octanol–water partition coefficient (Wildman–Crippen LogP) is 2.07. The number of hydrogen-bond acceptors (Lipinski definition) is 3. The van der Waals surface area contributed by atoms with E-state index in [4.69, 9.17) is 18.8 Å². The molecule has 0 spiro atoms. The van der Waals surface area contributed by atoms with E-state index in [0.29, 0.717) is 0 Å². The molecule has 0 atom stereocenters. The average Bonchev–Trinajstić information content (AvgIpc) is 2.40. The Morgan fingerprint density at radius 3 is 1.47 bits per heavy atom. The van der Waals surface area contributed by atoms with Gasteiger partial charge in [0.05, 0.1) is 0 Å². The van der Waals surface area contributed by atoms with E-state index in [9.17, 15) is 0 Å². The Hall–Kier alpha value is -0.472. The number of rotatable bonds is 2. The molecule has 2 aromatic rings. The fraction of sp³-hybridized carbons (Fsp3) is 0.231. The third-order valence-electron chi connectivity index (χ3n) is 1.63. The SMILES string of the molecule is CN(C)C.[Cl][Pt]([Cl])([c]1ccccn1)[c]1ccccn1. The molecule has 0 aliphatic heterocycles. The van der Waals surface area contributed by atoms with Crippen LogP contribution in [0.2, 0.25) is 0 Å². The van der Waals surface area contributed by atoms with Crippen LogP contribution in [0.5, 0.6) is 0 Å². The van der Waals surface area contributed by atoms with Gasteiger partial charge >= 0.3 is 99.7 Å². The number of halogens is 2. The van der Waals surface area contributed by atoms with Gasteiger partial charge in [-0.15, -0.1) is 0 Å². The molecule has 6 heteroatoms. The predicted molar refractivity (Wildman–Crippen MR) is 79.1 cm³/mol. The van der Waals surface area contributed by atoms with Crippen LogP contribution in [-0.4, -0.2) is 36.0 Å². The first-order chi connectivity index (χ1) is 8.94. The van der Waals surface area contributed by atoms with Crippen LogP contribution in [0.25, 0.3) is 0 Å². The zero-order valence-electron chi connectivity index (χ0n) is 11.0. The van der Waals surface area contributed by atoms with E-state index >= 15 is 0 Å². The van der Waals surface area contributed by atoms with Crippen molar-refractivity contribution in [3.63, 3.8) is 0 Å². The van der Waals surface area contributed by atoms with Crippen LogP contribution >= 0.6 is 18.8 Å². The van der Waals surface area contributed by atoms with Gasteiger partial charge in [-0.05, 0) is 21.1 Å². The van der Waals surface area contributed by atoms with Crippen LogP contribution < -0.4 is 8.17 Å². The zero-order chi connectivity index (χ0) is 14.3.